The largest absolute Gasteiger partial charge is 0.379 e. The fourth-order valence-corrected chi connectivity index (χ4v) is 2.37. The number of nitrogens with zero attached hydrogens (tertiary/aromatic N) is 1. The Hall–Kier alpha value is -0.650. The number of nitrogens with two attached hydrogens (primary N) is 1. The molecule has 1 aliphatic heterocycles. The molecule has 0 spiro atoms. The zero-order chi connectivity index (χ0) is 15.0. The quantitative estimate of drug-likeness (QED) is 0.685. The number of piperidine rings is 1. The van der Waals surface area contributed by atoms with Crippen molar-refractivity contribution in [3.8, 4) is 0 Å². The Labute approximate surface area is 122 Å². The van der Waals surface area contributed by atoms with Crippen LogP contribution in [-0.2, 0) is 14.3 Å². The second-order valence-corrected chi connectivity index (χ2v) is 5.50. The summed E-state index contributed by atoms with van der Waals surface area (Å²) in [5, 5.41) is 0. The number of ether oxygens (including phenoxy) is 2. The van der Waals surface area contributed by atoms with Crippen LogP contribution in [0.25, 0.3) is 0 Å². The monoisotopic (exact) mass is 286 g/mol. The second-order valence-electron chi connectivity index (χ2n) is 5.50. The normalized spacial score (nSPS) is 19.9. The van der Waals surface area contributed by atoms with Gasteiger partial charge in [0.25, 0.3) is 0 Å². The third kappa shape index (κ3) is 5.38. The van der Waals surface area contributed by atoms with Gasteiger partial charge in [0, 0.05) is 19.7 Å². The molecule has 0 aromatic heterocycles. The van der Waals surface area contributed by atoms with Crippen molar-refractivity contribution in [1.29, 1.82) is 0 Å². The van der Waals surface area contributed by atoms with Gasteiger partial charge in [0.1, 0.15) is 0 Å². The predicted octanol–water partition coefficient (Wildman–Crippen LogP) is 1.40. The summed E-state index contributed by atoms with van der Waals surface area (Å²) in [4.78, 5) is 14.1. The number of likely N-dealkylation sites (tertiary alicyclic amines) is 1. The van der Waals surface area contributed by atoms with E-state index in [-0.39, 0.29) is 24.0 Å². The van der Waals surface area contributed by atoms with E-state index in [0.29, 0.717) is 13.2 Å². The van der Waals surface area contributed by atoms with E-state index in [2.05, 4.69) is 6.92 Å². The molecule has 0 bridgehead atoms. The number of hydrogen-bond acceptors (Lipinski definition) is 4. The van der Waals surface area contributed by atoms with E-state index in [0.717, 1.165) is 39.0 Å². The smallest absolute Gasteiger partial charge is 0.239 e. The maximum atomic E-state index is 12.2. The third-order valence-electron chi connectivity index (χ3n) is 4.08. The van der Waals surface area contributed by atoms with E-state index < -0.39 is 0 Å². The molecule has 0 unspecified atom stereocenters. The Kier molecular flexibility index (Phi) is 8.11. The van der Waals surface area contributed by atoms with Crippen LogP contribution in [0.3, 0.4) is 0 Å². The Morgan fingerprint density at radius 2 is 1.95 bits per heavy atom. The Balaban J connectivity index is 2.26. The molecule has 2 N–H and O–H groups in total. The van der Waals surface area contributed by atoms with Crippen LogP contribution in [-0.4, -0.2) is 55.9 Å². The van der Waals surface area contributed by atoms with Gasteiger partial charge in [-0.3, -0.25) is 4.79 Å². The molecule has 1 amide bonds. The van der Waals surface area contributed by atoms with E-state index in [1.807, 2.05) is 18.7 Å². The van der Waals surface area contributed by atoms with Crippen LogP contribution in [0.1, 0.15) is 40.0 Å². The van der Waals surface area contributed by atoms with Crippen LogP contribution in [0.2, 0.25) is 0 Å². The molecule has 0 aromatic carbocycles. The number of hydrogen-bond donors (Lipinski definition) is 1. The highest BCUT2D eigenvalue weighted by Gasteiger charge is 2.28. The molecule has 1 heterocycles. The highest BCUT2D eigenvalue weighted by Crippen LogP contribution is 2.16. The maximum absolute atomic E-state index is 12.2. The van der Waals surface area contributed by atoms with Crippen LogP contribution in [0.15, 0.2) is 0 Å². The van der Waals surface area contributed by atoms with Gasteiger partial charge < -0.3 is 20.1 Å². The van der Waals surface area contributed by atoms with Crippen molar-refractivity contribution in [2.75, 3.05) is 32.9 Å². The number of rotatable bonds is 8. The van der Waals surface area contributed by atoms with Crippen molar-refractivity contribution in [3.63, 3.8) is 0 Å². The number of amides is 1. The molecule has 5 heteroatoms. The fourth-order valence-electron chi connectivity index (χ4n) is 2.37. The Morgan fingerprint density at radius 3 is 2.50 bits per heavy atom. The molecular weight excluding hydrogens is 256 g/mol. The lowest BCUT2D eigenvalue weighted by molar-refractivity contribution is -0.136. The molecule has 0 aromatic rings. The summed E-state index contributed by atoms with van der Waals surface area (Å²) in [7, 11) is 0. The summed E-state index contributed by atoms with van der Waals surface area (Å²) in [5.74, 6) is 0.329. The minimum Gasteiger partial charge on any atom is -0.379 e. The van der Waals surface area contributed by atoms with Crippen molar-refractivity contribution in [2.24, 2.45) is 11.7 Å². The highest BCUT2D eigenvalue weighted by molar-refractivity contribution is 5.82. The van der Waals surface area contributed by atoms with E-state index in [1.165, 1.54) is 0 Å². The van der Waals surface area contributed by atoms with Crippen molar-refractivity contribution < 1.29 is 14.3 Å². The van der Waals surface area contributed by atoms with Crippen LogP contribution in [0, 0.1) is 5.92 Å². The van der Waals surface area contributed by atoms with Gasteiger partial charge in [-0.25, -0.2) is 0 Å². The first-order valence-electron chi connectivity index (χ1n) is 7.83. The lowest BCUT2D eigenvalue weighted by atomic mass is 9.97. The van der Waals surface area contributed by atoms with Gasteiger partial charge in [0.2, 0.25) is 5.91 Å². The zero-order valence-corrected chi connectivity index (χ0v) is 13.1. The average Bonchev–Trinajstić information content (AvgIpc) is 2.50. The first-order valence-corrected chi connectivity index (χ1v) is 7.83. The molecular formula is C15H30N2O3. The Morgan fingerprint density at radius 1 is 1.30 bits per heavy atom. The molecule has 5 nitrogen and oxygen atoms in total. The molecule has 0 radical (unpaired) electrons. The molecule has 2 atom stereocenters. The van der Waals surface area contributed by atoms with Crippen molar-refractivity contribution in [3.05, 3.63) is 0 Å². The molecule has 0 aliphatic carbocycles. The minimum absolute atomic E-state index is 0.0899. The molecule has 1 rings (SSSR count). The SMILES string of the molecule is CCOCCOC1CCN(C(=O)[C@@H](N)[C@@H](C)CC)CC1. The van der Waals surface area contributed by atoms with Crippen molar-refractivity contribution in [1.82, 2.24) is 4.90 Å². The number of carbonyl (C=O) groups excluding carboxylic acids is 1. The van der Waals surface area contributed by atoms with Crippen LogP contribution >= 0.6 is 0 Å². The first kappa shape index (κ1) is 17.4. The van der Waals surface area contributed by atoms with E-state index in [9.17, 15) is 4.79 Å². The van der Waals surface area contributed by atoms with Crippen LogP contribution in [0.5, 0.6) is 0 Å². The first-order chi connectivity index (χ1) is 9.60. The summed E-state index contributed by atoms with van der Waals surface area (Å²) in [6.07, 6.45) is 2.97. The second kappa shape index (κ2) is 9.32. The predicted molar refractivity (Wildman–Crippen MR) is 79.5 cm³/mol. The average molecular weight is 286 g/mol. The molecule has 118 valence electrons. The fraction of sp³-hybridized carbons (Fsp3) is 0.933. The standard InChI is InChI=1S/C15H30N2O3/c1-4-12(3)14(16)15(18)17-8-6-13(7-9-17)20-11-10-19-5-2/h12-14H,4-11,16H2,1-3H3/t12-,14-/m0/s1. The molecule has 1 fully saturated rings. The summed E-state index contributed by atoms with van der Waals surface area (Å²) < 4.78 is 11.0. The molecule has 1 saturated heterocycles. The summed E-state index contributed by atoms with van der Waals surface area (Å²) in [6.45, 7) is 9.59. The van der Waals surface area contributed by atoms with Crippen molar-refractivity contribution in [2.45, 2.75) is 52.2 Å². The number of carbonyl (C=O) groups is 1. The van der Waals surface area contributed by atoms with Gasteiger partial charge in [-0.1, -0.05) is 20.3 Å². The summed E-state index contributed by atoms with van der Waals surface area (Å²) >= 11 is 0. The van der Waals surface area contributed by atoms with Gasteiger partial charge >= 0.3 is 0 Å². The topological polar surface area (TPSA) is 64.8 Å². The van der Waals surface area contributed by atoms with Gasteiger partial charge in [-0.05, 0) is 25.7 Å². The van der Waals surface area contributed by atoms with Gasteiger partial charge in [-0.15, -0.1) is 0 Å². The van der Waals surface area contributed by atoms with Gasteiger partial charge in [-0.2, -0.15) is 0 Å². The van der Waals surface area contributed by atoms with E-state index >= 15 is 0 Å². The molecule has 0 saturated carbocycles. The molecule has 20 heavy (non-hydrogen) atoms. The highest BCUT2D eigenvalue weighted by atomic mass is 16.5. The maximum Gasteiger partial charge on any atom is 0.239 e. The minimum atomic E-state index is -0.365. The van der Waals surface area contributed by atoms with Crippen LogP contribution in [0.4, 0.5) is 0 Å². The van der Waals surface area contributed by atoms with Gasteiger partial charge in [0.15, 0.2) is 0 Å². The Bertz CT molecular complexity index is 278. The third-order valence-corrected chi connectivity index (χ3v) is 4.08. The van der Waals surface area contributed by atoms with E-state index in [4.69, 9.17) is 15.2 Å². The van der Waals surface area contributed by atoms with Crippen molar-refractivity contribution >= 4 is 5.91 Å². The zero-order valence-electron chi connectivity index (χ0n) is 13.1. The lowest BCUT2D eigenvalue weighted by Gasteiger charge is -2.34. The summed E-state index contributed by atoms with van der Waals surface area (Å²) in [5.41, 5.74) is 6.01. The van der Waals surface area contributed by atoms with Gasteiger partial charge in [0.05, 0.1) is 25.4 Å². The van der Waals surface area contributed by atoms with E-state index in [1.54, 1.807) is 0 Å². The molecule has 1 aliphatic rings. The lowest BCUT2D eigenvalue weighted by Crippen LogP contribution is -2.50. The van der Waals surface area contributed by atoms with Crippen LogP contribution < -0.4 is 5.73 Å². The summed E-state index contributed by atoms with van der Waals surface area (Å²) in [6, 6.07) is -0.365.